The molecule has 1 aromatic carbocycles. The van der Waals surface area contributed by atoms with Gasteiger partial charge in [0.05, 0.1) is 12.6 Å². The first-order valence-corrected chi connectivity index (χ1v) is 5.31. The van der Waals surface area contributed by atoms with Gasteiger partial charge in [0, 0.05) is 12.2 Å². The molecule has 1 saturated heterocycles. The summed E-state index contributed by atoms with van der Waals surface area (Å²) in [5, 5.41) is 2.87. The van der Waals surface area contributed by atoms with E-state index in [1.807, 2.05) is 0 Å². The number of halogens is 1. The van der Waals surface area contributed by atoms with Gasteiger partial charge in [0.1, 0.15) is 5.82 Å². The average Bonchev–Trinajstić information content (AvgIpc) is 2.70. The van der Waals surface area contributed by atoms with Crippen LogP contribution in [0.1, 0.15) is 22.3 Å². The van der Waals surface area contributed by atoms with Crippen molar-refractivity contribution in [2.24, 2.45) is 0 Å². The molecule has 1 fully saturated rings. The molecular formula is C12H14FNO2. The van der Waals surface area contributed by atoms with Crippen LogP contribution < -0.4 is 5.32 Å². The van der Waals surface area contributed by atoms with E-state index in [1.165, 1.54) is 18.2 Å². The second-order valence-electron chi connectivity index (χ2n) is 3.99. The summed E-state index contributed by atoms with van der Waals surface area (Å²) in [4.78, 5) is 11.8. The smallest absolute Gasteiger partial charge is 0.251 e. The maximum Gasteiger partial charge on any atom is 0.251 e. The molecule has 1 aliphatic heterocycles. The lowest BCUT2D eigenvalue weighted by Gasteiger charge is -2.12. The summed E-state index contributed by atoms with van der Waals surface area (Å²) in [6.45, 7) is 2.97. The van der Waals surface area contributed by atoms with E-state index in [9.17, 15) is 9.18 Å². The monoisotopic (exact) mass is 223 g/mol. The third-order valence-corrected chi connectivity index (χ3v) is 2.70. The van der Waals surface area contributed by atoms with Crippen LogP contribution in [0.5, 0.6) is 0 Å². The highest BCUT2D eigenvalue weighted by molar-refractivity contribution is 5.95. The van der Waals surface area contributed by atoms with Crippen LogP contribution in [0.15, 0.2) is 18.2 Å². The molecule has 0 aromatic heterocycles. The summed E-state index contributed by atoms with van der Waals surface area (Å²) in [6.07, 6.45) is 0.839. The van der Waals surface area contributed by atoms with Gasteiger partial charge in [0.25, 0.3) is 5.91 Å². The van der Waals surface area contributed by atoms with E-state index in [0.29, 0.717) is 24.3 Å². The molecule has 0 bridgehead atoms. The fourth-order valence-electron chi connectivity index (χ4n) is 1.79. The largest absolute Gasteiger partial charge is 0.379 e. The first kappa shape index (κ1) is 11.1. The van der Waals surface area contributed by atoms with Crippen molar-refractivity contribution in [2.45, 2.75) is 19.4 Å². The van der Waals surface area contributed by atoms with Crippen molar-refractivity contribution in [3.63, 3.8) is 0 Å². The maximum absolute atomic E-state index is 12.9. The van der Waals surface area contributed by atoms with Crippen molar-refractivity contribution >= 4 is 5.91 Å². The Bertz CT molecular complexity index is 400. The van der Waals surface area contributed by atoms with Gasteiger partial charge in [0.2, 0.25) is 0 Å². The average molecular weight is 223 g/mol. The van der Waals surface area contributed by atoms with Crippen LogP contribution in [0.3, 0.4) is 0 Å². The fraction of sp³-hybridized carbons (Fsp3) is 0.417. The number of rotatable bonds is 2. The van der Waals surface area contributed by atoms with E-state index in [4.69, 9.17) is 4.74 Å². The standard InChI is InChI=1S/C12H14FNO2/c1-8-6-9(13)2-3-11(8)12(15)14-10-4-5-16-7-10/h2-3,6,10H,4-5,7H2,1H3,(H,14,15). The van der Waals surface area contributed by atoms with Crippen LogP contribution in [0.25, 0.3) is 0 Å². The number of ether oxygens (including phenoxy) is 1. The minimum atomic E-state index is -0.321. The van der Waals surface area contributed by atoms with E-state index < -0.39 is 0 Å². The zero-order chi connectivity index (χ0) is 11.5. The second kappa shape index (κ2) is 4.61. The van der Waals surface area contributed by atoms with Gasteiger partial charge in [-0.3, -0.25) is 4.79 Å². The summed E-state index contributed by atoms with van der Waals surface area (Å²) in [5.74, 6) is -0.480. The predicted molar refractivity (Wildman–Crippen MR) is 57.8 cm³/mol. The lowest BCUT2D eigenvalue weighted by atomic mass is 10.1. The van der Waals surface area contributed by atoms with Crippen molar-refractivity contribution < 1.29 is 13.9 Å². The topological polar surface area (TPSA) is 38.3 Å². The molecule has 1 N–H and O–H groups in total. The van der Waals surface area contributed by atoms with Crippen molar-refractivity contribution in [3.8, 4) is 0 Å². The summed E-state index contributed by atoms with van der Waals surface area (Å²) >= 11 is 0. The Morgan fingerprint density at radius 2 is 2.38 bits per heavy atom. The maximum atomic E-state index is 12.9. The van der Waals surface area contributed by atoms with E-state index >= 15 is 0 Å². The molecule has 1 aromatic rings. The molecule has 1 aliphatic rings. The Morgan fingerprint density at radius 3 is 3.00 bits per heavy atom. The van der Waals surface area contributed by atoms with Gasteiger partial charge in [-0.15, -0.1) is 0 Å². The molecule has 3 nitrogen and oxygen atoms in total. The second-order valence-corrected chi connectivity index (χ2v) is 3.99. The molecule has 16 heavy (non-hydrogen) atoms. The van der Waals surface area contributed by atoms with Crippen molar-refractivity contribution in [1.82, 2.24) is 5.32 Å². The first-order valence-electron chi connectivity index (χ1n) is 5.31. The lowest BCUT2D eigenvalue weighted by molar-refractivity contribution is 0.0929. The van der Waals surface area contributed by atoms with Crippen molar-refractivity contribution in [1.29, 1.82) is 0 Å². The van der Waals surface area contributed by atoms with Crippen molar-refractivity contribution in [2.75, 3.05) is 13.2 Å². The Balaban J connectivity index is 2.08. The quantitative estimate of drug-likeness (QED) is 0.828. The fourth-order valence-corrected chi connectivity index (χ4v) is 1.79. The molecule has 4 heteroatoms. The van der Waals surface area contributed by atoms with Gasteiger partial charge >= 0.3 is 0 Å². The number of hydrogen-bond donors (Lipinski definition) is 1. The van der Waals surface area contributed by atoms with Gasteiger partial charge < -0.3 is 10.1 Å². The van der Waals surface area contributed by atoms with E-state index in [2.05, 4.69) is 5.32 Å². The van der Waals surface area contributed by atoms with Gasteiger partial charge in [-0.05, 0) is 37.1 Å². The highest BCUT2D eigenvalue weighted by Crippen LogP contribution is 2.11. The van der Waals surface area contributed by atoms with Crippen LogP contribution in [0, 0.1) is 12.7 Å². The third-order valence-electron chi connectivity index (χ3n) is 2.70. The van der Waals surface area contributed by atoms with Crippen molar-refractivity contribution in [3.05, 3.63) is 35.1 Å². The number of carbonyl (C=O) groups is 1. The lowest BCUT2D eigenvalue weighted by Crippen LogP contribution is -2.35. The van der Waals surface area contributed by atoms with Crippen LogP contribution in [-0.2, 0) is 4.74 Å². The van der Waals surface area contributed by atoms with Crippen LogP contribution in [0.2, 0.25) is 0 Å². The molecule has 0 radical (unpaired) electrons. The van der Waals surface area contributed by atoms with Gasteiger partial charge in [-0.1, -0.05) is 0 Å². The molecule has 0 saturated carbocycles. The Hall–Kier alpha value is -1.42. The van der Waals surface area contributed by atoms with Gasteiger partial charge in [-0.2, -0.15) is 0 Å². The molecule has 0 aliphatic carbocycles. The Morgan fingerprint density at radius 1 is 1.56 bits per heavy atom. The molecule has 2 rings (SSSR count). The third kappa shape index (κ3) is 2.39. The minimum Gasteiger partial charge on any atom is -0.379 e. The zero-order valence-electron chi connectivity index (χ0n) is 9.13. The number of benzene rings is 1. The number of amides is 1. The summed E-state index contributed by atoms with van der Waals surface area (Å²) in [5.41, 5.74) is 1.17. The first-order chi connectivity index (χ1) is 7.66. The normalized spacial score (nSPS) is 19.8. The SMILES string of the molecule is Cc1cc(F)ccc1C(=O)NC1CCOC1. The number of hydrogen-bond acceptors (Lipinski definition) is 2. The highest BCUT2D eigenvalue weighted by Gasteiger charge is 2.19. The highest BCUT2D eigenvalue weighted by atomic mass is 19.1. The number of aryl methyl sites for hydroxylation is 1. The Labute approximate surface area is 93.6 Å². The number of nitrogens with one attached hydrogen (secondary N) is 1. The minimum absolute atomic E-state index is 0.0805. The molecule has 86 valence electrons. The van der Waals surface area contributed by atoms with Crippen LogP contribution >= 0.6 is 0 Å². The van der Waals surface area contributed by atoms with Gasteiger partial charge in [-0.25, -0.2) is 4.39 Å². The predicted octanol–water partition coefficient (Wildman–Crippen LogP) is 1.65. The summed E-state index contributed by atoms with van der Waals surface area (Å²) in [6, 6.07) is 4.25. The number of carbonyl (C=O) groups excluding carboxylic acids is 1. The molecular weight excluding hydrogens is 209 g/mol. The van der Waals surface area contributed by atoms with E-state index in [1.54, 1.807) is 6.92 Å². The zero-order valence-corrected chi connectivity index (χ0v) is 9.13. The molecule has 1 atom stereocenters. The van der Waals surface area contributed by atoms with Crippen LogP contribution in [0.4, 0.5) is 4.39 Å². The molecule has 1 heterocycles. The molecule has 1 amide bonds. The van der Waals surface area contributed by atoms with Gasteiger partial charge in [0.15, 0.2) is 0 Å². The van der Waals surface area contributed by atoms with Crippen LogP contribution in [-0.4, -0.2) is 25.2 Å². The summed E-state index contributed by atoms with van der Waals surface area (Å²) < 4.78 is 18.0. The molecule has 1 unspecified atom stereocenters. The van der Waals surface area contributed by atoms with E-state index in [-0.39, 0.29) is 17.8 Å². The Kier molecular flexibility index (Phi) is 3.19. The molecule has 0 spiro atoms. The summed E-state index contributed by atoms with van der Waals surface area (Å²) in [7, 11) is 0. The van der Waals surface area contributed by atoms with E-state index in [0.717, 1.165) is 6.42 Å².